The van der Waals surface area contributed by atoms with Crippen molar-refractivity contribution < 1.29 is 4.74 Å². The molecule has 0 spiro atoms. The number of hydrogen-bond acceptors (Lipinski definition) is 4. The van der Waals surface area contributed by atoms with Gasteiger partial charge < -0.3 is 19.9 Å². The summed E-state index contributed by atoms with van der Waals surface area (Å²) in [5.74, 6) is 0.717. The summed E-state index contributed by atoms with van der Waals surface area (Å²) in [6.07, 6.45) is 8.26. The Balaban J connectivity index is 1.42. The second kappa shape index (κ2) is 7.91. The zero-order chi connectivity index (χ0) is 14.5. The lowest BCUT2D eigenvalue weighted by Crippen LogP contribution is -2.50. The van der Waals surface area contributed by atoms with Crippen LogP contribution in [0.5, 0.6) is 0 Å². The standard InChI is InChI=1S/C17H33N3O/c1-18-17(15-7-12-21-14-15)13-19-10-5-16(6-11-19)20-8-3-2-4-9-20/h15-18H,2-14H2,1H3. The van der Waals surface area contributed by atoms with E-state index in [1.54, 1.807) is 0 Å². The van der Waals surface area contributed by atoms with Crippen LogP contribution in [0, 0.1) is 5.92 Å². The molecule has 3 aliphatic heterocycles. The highest BCUT2D eigenvalue weighted by Crippen LogP contribution is 2.23. The lowest BCUT2D eigenvalue weighted by atomic mass is 9.96. The fraction of sp³-hybridized carbons (Fsp3) is 1.00. The molecule has 0 bridgehead atoms. The predicted molar refractivity (Wildman–Crippen MR) is 86.7 cm³/mol. The molecule has 122 valence electrons. The Morgan fingerprint density at radius 1 is 1.05 bits per heavy atom. The Kier molecular flexibility index (Phi) is 5.92. The van der Waals surface area contributed by atoms with E-state index in [9.17, 15) is 0 Å². The number of piperidine rings is 2. The third-order valence-electron chi connectivity index (χ3n) is 5.82. The van der Waals surface area contributed by atoms with Crippen molar-refractivity contribution in [2.24, 2.45) is 5.92 Å². The van der Waals surface area contributed by atoms with Crippen molar-refractivity contribution in [1.29, 1.82) is 0 Å². The Morgan fingerprint density at radius 2 is 1.81 bits per heavy atom. The van der Waals surface area contributed by atoms with E-state index >= 15 is 0 Å². The molecular weight excluding hydrogens is 262 g/mol. The van der Waals surface area contributed by atoms with Crippen LogP contribution in [0.15, 0.2) is 0 Å². The Labute approximate surface area is 130 Å². The lowest BCUT2D eigenvalue weighted by molar-refractivity contribution is 0.0830. The van der Waals surface area contributed by atoms with Crippen molar-refractivity contribution in [3.8, 4) is 0 Å². The number of nitrogens with zero attached hydrogens (tertiary/aromatic N) is 2. The summed E-state index contributed by atoms with van der Waals surface area (Å²) in [4.78, 5) is 5.45. The average Bonchev–Trinajstić information content (AvgIpc) is 3.08. The zero-order valence-electron chi connectivity index (χ0n) is 13.7. The van der Waals surface area contributed by atoms with Gasteiger partial charge in [0.2, 0.25) is 0 Å². The van der Waals surface area contributed by atoms with Gasteiger partial charge in [-0.25, -0.2) is 0 Å². The highest BCUT2D eigenvalue weighted by atomic mass is 16.5. The quantitative estimate of drug-likeness (QED) is 0.833. The Bertz CT molecular complexity index is 292. The summed E-state index contributed by atoms with van der Waals surface area (Å²) in [7, 11) is 2.11. The molecule has 3 saturated heterocycles. The van der Waals surface area contributed by atoms with Crippen LogP contribution >= 0.6 is 0 Å². The largest absolute Gasteiger partial charge is 0.381 e. The van der Waals surface area contributed by atoms with Crippen molar-refractivity contribution in [2.75, 3.05) is 53.0 Å². The molecule has 2 atom stereocenters. The van der Waals surface area contributed by atoms with Gasteiger partial charge in [0, 0.05) is 31.2 Å². The molecule has 3 aliphatic rings. The zero-order valence-corrected chi connectivity index (χ0v) is 13.7. The van der Waals surface area contributed by atoms with Crippen molar-refractivity contribution >= 4 is 0 Å². The van der Waals surface area contributed by atoms with Gasteiger partial charge in [0.05, 0.1) is 6.61 Å². The highest BCUT2D eigenvalue weighted by Gasteiger charge is 2.29. The van der Waals surface area contributed by atoms with Crippen LogP contribution < -0.4 is 5.32 Å². The molecular formula is C17H33N3O. The van der Waals surface area contributed by atoms with E-state index in [-0.39, 0.29) is 0 Å². The maximum absolute atomic E-state index is 5.56. The first-order chi connectivity index (χ1) is 10.4. The molecule has 0 amide bonds. The molecule has 21 heavy (non-hydrogen) atoms. The summed E-state index contributed by atoms with van der Waals surface area (Å²) in [5.41, 5.74) is 0. The highest BCUT2D eigenvalue weighted by molar-refractivity contribution is 4.86. The minimum absolute atomic E-state index is 0.610. The van der Waals surface area contributed by atoms with Gasteiger partial charge >= 0.3 is 0 Å². The van der Waals surface area contributed by atoms with Crippen LogP contribution in [0.1, 0.15) is 38.5 Å². The predicted octanol–water partition coefficient (Wildman–Crippen LogP) is 1.56. The van der Waals surface area contributed by atoms with Gasteiger partial charge in [0.25, 0.3) is 0 Å². The minimum Gasteiger partial charge on any atom is -0.381 e. The van der Waals surface area contributed by atoms with Gasteiger partial charge in [-0.05, 0) is 65.3 Å². The van der Waals surface area contributed by atoms with E-state index in [4.69, 9.17) is 4.74 Å². The van der Waals surface area contributed by atoms with E-state index in [1.165, 1.54) is 71.2 Å². The first-order valence-electron chi connectivity index (χ1n) is 9.08. The summed E-state index contributed by atoms with van der Waals surface area (Å²) in [6, 6.07) is 1.48. The maximum atomic E-state index is 5.56. The van der Waals surface area contributed by atoms with Crippen LogP contribution in [0.2, 0.25) is 0 Å². The fourth-order valence-corrected chi connectivity index (χ4v) is 4.37. The first-order valence-corrected chi connectivity index (χ1v) is 9.08. The molecule has 0 saturated carbocycles. The van der Waals surface area contributed by atoms with Gasteiger partial charge in [-0.1, -0.05) is 6.42 Å². The maximum Gasteiger partial charge on any atom is 0.0510 e. The summed E-state index contributed by atoms with van der Waals surface area (Å²) in [6.45, 7) is 8.39. The molecule has 4 nitrogen and oxygen atoms in total. The Hall–Kier alpha value is -0.160. The number of nitrogens with one attached hydrogen (secondary N) is 1. The number of rotatable bonds is 5. The fourth-order valence-electron chi connectivity index (χ4n) is 4.37. The molecule has 3 rings (SSSR count). The van der Waals surface area contributed by atoms with E-state index in [0.717, 1.165) is 25.2 Å². The molecule has 1 N–H and O–H groups in total. The summed E-state index contributed by atoms with van der Waals surface area (Å²) < 4.78 is 5.56. The lowest BCUT2D eigenvalue weighted by Gasteiger charge is -2.41. The van der Waals surface area contributed by atoms with Gasteiger partial charge in [0.1, 0.15) is 0 Å². The van der Waals surface area contributed by atoms with Crippen LogP contribution in [0.4, 0.5) is 0 Å². The van der Waals surface area contributed by atoms with E-state index in [0.29, 0.717) is 6.04 Å². The SMILES string of the molecule is CNC(CN1CCC(N2CCCCC2)CC1)C1CCOC1. The normalized spacial score (nSPS) is 31.6. The third kappa shape index (κ3) is 4.19. The molecule has 0 aromatic heterocycles. The van der Waals surface area contributed by atoms with Gasteiger partial charge in [0.15, 0.2) is 0 Å². The van der Waals surface area contributed by atoms with Crippen LogP contribution in [-0.2, 0) is 4.74 Å². The minimum atomic E-state index is 0.610. The van der Waals surface area contributed by atoms with E-state index in [1.807, 2.05) is 0 Å². The second-order valence-corrected chi connectivity index (χ2v) is 7.15. The number of likely N-dealkylation sites (tertiary alicyclic amines) is 2. The van der Waals surface area contributed by atoms with Gasteiger partial charge in [-0.2, -0.15) is 0 Å². The first kappa shape index (κ1) is 15.7. The summed E-state index contributed by atoms with van der Waals surface area (Å²) >= 11 is 0. The van der Waals surface area contributed by atoms with Crippen molar-refractivity contribution in [1.82, 2.24) is 15.1 Å². The molecule has 0 aromatic carbocycles. The van der Waals surface area contributed by atoms with E-state index in [2.05, 4.69) is 22.2 Å². The number of ether oxygens (including phenoxy) is 1. The van der Waals surface area contributed by atoms with Crippen molar-refractivity contribution in [2.45, 2.75) is 50.6 Å². The van der Waals surface area contributed by atoms with Crippen LogP contribution in [0.3, 0.4) is 0 Å². The van der Waals surface area contributed by atoms with E-state index < -0.39 is 0 Å². The number of likely N-dealkylation sites (N-methyl/N-ethyl adjacent to an activating group) is 1. The van der Waals surface area contributed by atoms with Gasteiger partial charge in [-0.3, -0.25) is 0 Å². The molecule has 0 radical (unpaired) electrons. The van der Waals surface area contributed by atoms with Gasteiger partial charge in [-0.15, -0.1) is 0 Å². The van der Waals surface area contributed by atoms with Crippen LogP contribution in [0.25, 0.3) is 0 Å². The topological polar surface area (TPSA) is 27.7 Å². The molecule has 0 aromatic rings. The van der Waals surface area contributed by atoms with Crippen molar-refractivity contribution in [3.63, 3.8) is 0 Å². The van der Waals surface area contributed by atoms with Crippen molar-refractivity contribution in [3.05, 3.63) is 0 Å². The molecule has 4 heteroatoms. The Morgan fingerprint density at radius 3 is 2.43 bits per heavy atom. The molecule has 3 heterocycles. The average molecular weight is 295 g/mol. The molecule has 3 fully saturated rings. The molecule has 0 aliphatic carbocycles. The third-order valence-corrected chi connectivity index (χ3v) is 5.82. The second-order valence-electron chi connectivity index (χ2n) is 7.15. The van der Waals surface area contributed by atoms with Crippen LogP contribution in [-0.4, -0.2) is 74.9 Å². The smallest absolute Gasteiger partial charge is 0.0510 e. The monoisotopic (exact) mass is 295 g/mol. The number of hydrogen-bond donors (Lipinski definition) is 1. The molecule has 2 unspecified atom stereocenters. The summed E-state index contributed by atoms with van der Waals surface area (Å²) in [5, 5.41) is 3.53.